The predicted molar refractivity (Wildman–Crippen MR) is 184 cm³/mol. The maximum atomic E-state index is 15.3. The summed E-state index contributed by atoms with van der Waals surface area (Å²) in [6, 6.07) is 8.25. The first-order chi connectivity index (χ1) is 23.3. The number of carbonyl (C=O) groups is 1. The number of carbonyl (C=O) groups excluding carboxylic acids is 1. The lowest BCUT2D eigenvalue weighted by atomic mass is 9.99. The number of piperazine rings is 1. The molecule has 0 radical (unpaired) electrons. The Kier molecular flexibility index (Phi) is 7.69. The van der Waals surface area contributed by atoms with Crippen LogP contribution in [0.5, 0.6) is 0 Å². The van der Waals surface area contributed by atoms with Gasteiger partial charge >= 0.3 is 0 Å². The van der Waals surface area contributed by atoms with E-state index in [0.717, 1.165) is 79.6 Å². The number of aromatic nitrogens is 4. The highest BCUT2D eigenvalue weighted by molar-refractivity contribution is 7.19. The Morgan fingerprint density at radius 3 is 2.56 bits per heavy atom. The minimum atomic E-state index is -0.649. The number of hydrogen-bond acceptors (Lipinski definition) is 10. The van der Waals surface area contributed by atoms with Crippen LogP contribution < -0.4 is 21.3 Å². The predicted octanol–water partition coefficient (Wildman–Crippen LogP) is 4.16. The van der Waals surface area contributed by atoms with Crippen LogP contribution in [0.25, 0.3) is 26.9 Å². The normalized spacial score (nSPS) is 18.2. The third kappa shape index (κ3) is 5.31. The molecule has 0 spiro atoms. The maximum absolute atomic E-state index is 15.3. The number of pyridine rings is 2. The summed E-state index contributed by atoms with van der Waals surface area (Å²) in [5.74, 6) is 0.334. The average Bonchev–Trinajstić information content (AvgIpc) is 3.59. The minimum absolute atomic E-state index is 0.0382. The lowest BCUT2D eigenvalue weighted by Crippen LogP contribution is -2.56. The molecule has 6 heterocycles. The number of aryl methyl sites for hydroxylation is 1. The van der Waals surface area contributed by atoms with Gasteiger partial charge in [0.25, 0.3) is 11.1 Å². The molecular weight excluding hydrogens is 633 g/mol. The largest absolute Gasteiger partial charge is 0.378 e. The van der Waals surface area contributed by atoms with Crippen LogP contribution in [0.2, 0.25) is 0 Å². The standard InChI is InChI=1S/C35H34FN7O4S/c1-20-9-26-27-15-38-43(35(46)33(27)48-31(26)10-20)30-13-22(36)12-25(28(30)17-44)21-11-29(34(45)40(2)16-21)39-32-4-3-23(14-37-32)41-5-7-42(8-6-41)24-18-47-19-24/h3-4,11-17,20,24H,5-10,18-19H2,1-2H3,(H,37,39). The van der Waals surface area contributed by atoms with E-state index in [4.69, 9.17) is 4.74 Å². The number of fused-ring (bicyclic) bond motifs is 3. The molecule has 1 aliphatic carbocycles. The van der Waals surface area contributed by atoms with Crippen molar-refractivity contribution in [2.75, 3.05) is 49.6 Å². The molecule has 0 saturated carbocycles. The van der Waals surface area contributed by atoms with Gasteiger partial charge in [0.05, 0.1) is 43.0 Å². The molecule has 1 N–H and O–H groups in total. The average molecular weight is 668 g/mol. The van der Waals surface area contributed by atoms with Crippen molar-refractivity contribution in [3.8, 4) is 16.8 Å². The van der Waals surface area contributed by atoms with Crippen LogP contribution in [0, 0.1) is 11.7 Å². The van der Waals surface area contributed by atoms with Crippen molar-refractivity contribution >= 4 is 44.9 Å². The fourth-order valence-electron chi connectivity index (χ4n) is 7.04. The fourth-order valence-corrected chi connectivity index (χ4v) is 8.43. The second-order valence-electron chi connectivity index (χ2n) is 12.9. The van der Waals surface area contributed by atoms with Gasteiger partial charge in [0.15, 0.2) is 6.29 Å². The zero-order valence-corrected chi connectivity index (χ0v) is 27.4. The van der Waals surface area contributed by atoms with Gasteiger partial charge in [-0.05, 0) is 54.2 Å². The van der Waals surface area contributed by atoms with E-state index in [0.29, 0.717) is 34.3 Å². The maximum Gasteiger partial charge on any atom is 0.289 e. The van der Waals surface area contributed by atoms with Crippen LogP contribution >= 0.6 is 11.3 Å². The van der Waals surface area contributed by atoms with E-state index in [1.165, 1.54) is 33.0 Å². The van der Waals surface area contributed by atoms with Crippen LogP contribution in [0.1, 0.15) is 27.7 Å². The molecule has 1 atom stereocenters. The molecule has 1 unspecified atom stereocenters. The second kappa shape index (κ2) is 12.1. The summed E-state index contributed by atoms with van der Waals surface area (Å²) in [6.45, 7) is 7.53. The Morgan fingerprint density at radius 2 is 1.85 bits per heavy atom. The molecule has 11 nitrogen and oxygen atoms in total. The zero-order valence-electron chi connectivity index (χ0n) is 26.6. The molecule has 246 valence electrons. The number of nitrogens with zero attached hydrogens (tertiary/aromatic N) is 6. The van der Waals surface area contributed by atoms with Crippen LogP contribution in [-0.2, 0) is 24.6 Å². The van der Waals surface area contributed by atoms with Crippen molar-refractivity contribution in [3.63, 3.8) is 0 Å². The van der Waals surface area contributed by atoms with E-state index in [1.807, 2.05) is 12.1 Å². The Balaban J connectivity index is 1.09. The van der Waals surface area contributed by atoms with Gasteiger partial charge in [0.2, 0.25) is 0 Å². The molecule has 13 heteroatoms. The van der Waals surface area contributed by atoms with Crippen molar-refractivity contribution in [2.45, 2.75) is 25.8 Å². The third-order valence-corrected chi connectivity index (χ3v) is 11.0. The molecule has 3 aliphatic rings. The third-order valence-electron chi connectivity index (χ3n) is 9.70. The number of thiophene rings is 1. The number of nitrogens with one attached hydrogen (secondary N) is 1. The highest BCUT2D eigenvalue weighted by atomic mass is 32.1. The van der Waals surface area contributed by atoms with E-state index in [9.17, 15) is 14.4 Å². The van der Waals surface area contributed by atoms with Gasteiger partial charge in [-0.1, -0.05) is 6.92 Å². The molecule has 48 heavy (non-hydrogen) atoms. The van der Waals surface area contributed by atoms with Crippen molar-refractivity contribution in [1.82, 2.24) is 24.2 Å². The molecule has 4 aromatic heterocycles. The monoisotopic (exact) mass is 667 g/mol. The van der Waals surface area contributed by atoms with E-state index >= 15 is 4.39 Å². The molecule has 2 fully saturated rings. The Morgan fingerprint density at radius 1 is 1.04 bits per heavy atom. The number of benzene rings is 1. The Hall–Kier alpha value is -4.72. The number of halogens is 1. The van der Waals surface area contributed by atoms with E-state index in [2.05, 4.69) is 32.1 Å². The number of rotatable bonds is 7. The van der Waals surface area contributed by atoms with Gasteiger partial charge in [-0.3, -0.25) is 19.3 Å². The van der Waals surface area contributed by atoms with Gasteiger partial charge in [0, 0.05) is 66.9 Å². The van der Waals surface area contributed by atoms with E-state index < -0.39 is 11.4 Å². The van der Waals surface area contributed by atoms with Crippen molar-refractivity contribution < 1.29 is 13.9 Å². The zero-order chi connectivity index (χ0) is 33.1. The lowest BCUT2D eigenvalue weighted by molar-refractivity contribution is -0.0660. The minimum Gasteiger partial charge on any atom is -0.378 e. The van der Waals surface area contributed by atoms with Gasteiger partial charge < -0.3 is 19.5 Å². The topological polar surface area (TPSA) is 115 Å². The highest BCUT2D eigenvalue weighted by Crippen LogP contribution is 2.38. The Bertz CT molecular complexity index is 2180. The molecule has 1 aromatic carbocycles. The quantitative estimate of drug-likeness (QED) is 0.256. The van der Waals surface area contributed by atoms with Gasteiger partial charge in [0.1, 0.15) is 22.0 Å². The number of ether oxygens (including phenoxy) is 1. The SMILES string of the molecule is CC1Cc2sc3c(=O)n(-c4cc(F)cc(-c5cc(Nc6ccc(N7CCN(C8COC8)CC7)cn6)c(=O)n(C)c5)c4C=O)ncc3c2C1. The van der Waals surface area contributed by atoms with Crippen LogP contribution in [0.3, 0.4) is 0 Å². The summed E-state index contributed by atoms with van der Waals surface area (Å²) >= 11 is 1.45. The first kappa shape index (κ1) is 30.6. The molecule has 8 rings (SSSR count). The first-order valence-corrected chi connectivity index (χ1v) is 16.9. The smallest absolute Gasteiger partial charge is 0.289 e. The molecule has 0 amide bonds. The van der Waals surface area contributed by atoms with E-state index in [1.54, 1.807) is 25.5 Å². The van der Waals surface area contributed by atoms with Gasteiger partial charge in [-0.2, -0.15) is 9.78 Å². The number of hydrogen-bond donors (Lipinski definition) is 1. The highest BCUT2D eigenvalue weighted by Gasteiger charge is 2.29. The van der Waals surface area contributed by atoms with Crippen molar-refractivity contribution in [2.24, 2.45) is 13.0 Å². The van der Waals surface area contributed by atoms with Gasteiger partial charge in [-0.15, -0.1) is 11.3 Å². The van der Waals surface area contributed by atoms with E-state index in [-0.39, 0.29) is 28.1 Å². The van der Waals surface area contributed by atoms with Crippen molar-refractivity contribution in [1.29, 1.82) is 0 Å². The molecule has 5 aromatic rings. The van der Waals surface area contributed by atoms with Crippen LogP contribution in [0.15, 0.2) is 58.5 Å². The molecule has 2 saturated heterocycles. The second-order valence-corrected chi connectivity index (χ2v) is 14.0. The summed E-state index contributed by atoms with van der Waals surface area (Å²) in [4.78, 5) is 50.0. The van der Waals surface area contributed by atoms with Crippen LogP contribution in [-0.4, -0.2) is 76.0 Å². The summed E-state index contributed by atoms with van der Waals surface area (Å²) in [5, 5.41) is 8.33. The summed E-state index contributed by atoms with van der Waals surface area (Å²) < 4.78 is 23.6. The molecular formula is C35H34FN7O4S. The van der Waals surface area contributed by atoms with Crippen molar-refractivity contribution in [3.05, 3.63) is 91.5 Å². The lowest BCUT2D eigenvalue weighted by Gasteiger charge is -2.43. The first-order valence-electron chi connectivity index (χ1n) is 16.1. The van der Waals surface area contributed by atoms with Crippen LogP contribution in [0.4, 0.5) is 21.6 Å². The summed E-state index contributed by atoms with van der Waals surface area (Å²) in [7, 11) is 1.58. The molecule has 2 aliphatic heterocycles. The number of aldehydes is 1. The number of anilines is 3. The van der Waals surface area contributed by atoms with Gasteiger partial charge in [-0.25, -0.2) is 9.37 Å². The summed E-state index contributed by atoms with van der Waals surface area (Å²) in [6.07, 6.45) is 7.36. The molecule has 0 bridgehead atoms. The Labute approximate surface area is 279 Å². The fraction of sp³-hybridized carbons (Fsp3) is 0.343. The summed E-state index contributed by atoms with van der Waals surface area (Å²) in [5.41, 5.74) is 2.39.